The molecule has 5 nitrogen and oxygen atoms in total. The van der Waals surface area contributed by atoms with Gasteiger partial charge in [0.25, 0.3) is 0 Å². The Morgan fingerprint density at radius 3 is 2.60 bits per heavy atom. The van der Waals surface area contributed by atoms with E-state index in [1.807, 2.05) is 24.3 Å². The monoisotopic (exact) mass is 351 g/mol. The summed E-state index contributed by atoms with van der Waals surface area (Å²) >= 11 is 5.01. The molecule has 2 heterocycles. The average molecular weight is 352 g/mol. The van der Waals surface area contributed by atoms with Crippen LogP contribution in [0.5, 0.6) is 0 Å². The van der Waals surface area contributed by atoms with Crippen molar-refractivity contribution >= 4 is 39.6 Å². The number of halogens is 1. The number of nitrogens with zero attached hydrogens (tertiary/aromatic N) is 4. The highest BCUT2D eigenvalue weighted by atomic mass is 79.9. The highest BCUT2D eigenvalue weighted by Gasteiger charge is 2.17. The van der Waals surface area contributed by atoms with Crippen LogP contribution in [0.1, 0.15) is 12.8 Å². The van der Waals surface area contributed by atoms with Gasteiger partial charge in [0.05, 0.1) is 0 Å². The summed E-state index contributed by atoms with van der Waals surface area (Å²) in [4.78, 5) is 16.2. The summed E-state index contributed by atoms with van der Waals surface area (Å²) in [7, 11) is 0. The van der Waals surface area contributed by atoms with Gasteiger partial charge in [0.15, 0.2) is 5.16 Å². The Kier molecular flexibility index (Phi) is 4.07. The zero-order valence-electron chi connectivity index (χ0n) is 10.8. The lowest BCUT2D eigenvalue weighted by atomic mass is 10.4. The van der Waals surface area contributed by atoms with E-state index in [-0.39, 0.29) is 5.95 Å². The van der Waals surface area contributed by atoms with Gasteiger partial charge in [0, 0.05) is 22.5 Å². The first-order chi connectivity index (χ1) is 9.72. The summed E-state index contributed by atoms with van der Waals surface area (Å²) in [5.41, 5.74) is 5.80. The van der Waals surface area contributed by atoms with E-state index in [0.29, 0.717) is 11.1 Å². The van der Waals surface area contributed by atoms with E-state index in [2.05, 4.69) is 35.8 Å². The molecule has 1 saturated heterocycles. The van der Waals surface area contributed by atoms with Gasteiger partial charge in [-0.1, -0.05) is 12.1 Å². The van der Waals surface area contributed by atoms with Crippen molar-refractivity contribution in [2.45, 2.75) is 22.9 Å². The Bertz CT molecular complexity index is 615. The van der Waals surface area contributed by atoms with Gasteiger partial charge < -0.3 is 10.6 Å². The Balaban J connectivity index is 1.88. The van der Waals surface area contributed by atoms with Gasteiger partial charge >= 0.3 is 0 Å². The maximum atomic E-state index is 5.80. The van der Waals surface area contributed by atoms with Crippen molar-refractivity contribution < 1.29 is 0 Å². The molecule has 1 aromatic carbocycles. The zero-order chi connectivity index (χ0) is 13.9. The number of hydrogen-bond acceptors (Lipinski definition) is 6. The summed E-state index contributed by atoms with van der Waals surface area (Å²) in [5.74, 6) is 0.959. The molecule has 104 valence electrons. The number of anilines is 2. The predicted octanol–water partition coefficient (Wildman–Crippen LogP) is 2.97. The van der Waals surface area contributed by atoms with Crippen molar-refractivity contribution in [3.63, 3.8) is 0 Å². The largest absolute Gasteiger partial charge is 0.368 e. The van der Waals surface area contributed by atoms with Crippen molar-refractivity contribution in [2.24, 2.45) is 0 Å². The van der Waals surface area contributed by atoms with Gasteiger partial charge in [-0.05, 0) is 52.7 Å². The van der Waals surface area contributed by atoms with Crippen LogP contribution in [0.3, 0.4) is 0 Å². The number of nitrogens with two attached hydrogens (primary N) is 1. The van der Waals surface area contributed by atoms with Crippen LogP contribution in [-0.2, 0) is 0 Å². The highest BCUT2D eigenvalue weighted by Crippen LogP contribution is 2.32. The highest BCUT2D eigenvalue weighted by molar-refractivity contribution is 9.10. The Morgan fingerprint density at radius 2 is 1.85 bits per heavy atom. The molecule has 1 aromatic heterocycles. The molecule has 0 saturated carbocycles. The van der Waals surface area contributed by atoms with Gasteiger partial charge in [0.2, 0.25) is 11.9 Å². The lowest BCUT2D eigenvalue weighted by Crippen LogP contribution is -2.21. The van der Waals surface area contributed by atoms with E-state index >= 15 is 0 Å². The number of benzene rings is 1. The van der Waals surface area contributed by atoms with Crippen LogP contribution in [-0.4, -0.2) is 28.0 Å². The summed E-state index contributed by atoms with van der Waals surface area (Å²) in [6.45, 7) is 1.98. The van der Waals surface area contributed by atoms with E-state index in [4.69, 9.17) is 5.73 Å². The first kappa shape index (κ1) is 13.6. The fourth-order valence-corrected chi connectivity index (χ4v) is 3.39. The normalized spacial score (nSPS) is 14.8. The van der Waals surface area contributed by atoms with E-state index in [0.717, 1.165) is 22.5 Å². The second kappa shape index (κ2) is 5.97. The van der Waals surface area contributed by atoms with Gasteiger partial charge in [0.1, 0.15) is 0 Å². The van der Waals surface area contributed by atoms with Gasteiger partial charge in [-0.2, -0.15) is 15.0 Å². The number of nitrogen functional groups attached to an aromatic ring is 1. The first-order valence-electron chi connectivity index (χ1n) is 6.41. The summed E-state index contributed by atoms with van der Waals surface area (Å²) in [5, 5.41) is 0.631. The van der Waals surface area contributed by atoms with Gasteiger partial charge in [-0.25, -0.2) is 0 Å². The average Bonchev–Trinajstić information content (AvgIpc) is 2.95. The smallest absolute Gasteiger partial charge is 0.231 e. The maximum Gasteiger partial charge on any atom is 0.231 e. The van der Waals surface area contributed by atoms with Crippen molar-refractivity contribution in [2.75, 3.05) is 23.7 Å². The molecule has 1 aliphatic heterocycles. The molecule has 2 aromatic rings. The predicted molar refractivity (Wildman–Crippen MR) is 84.0 cm³/mol. The molecule has 0 aliphatic carbocycles. The Labute approximate surface area is 130 Å². The zero-order valence-corrected chi connectivity index (χ0v) is 13.2. The van der Waals surface area contributed by atoms with Crippen molar-refractivity contribution in [3.05, 3.63) is 28.7 Å². The third-order valence-electron chi connectivity index (χ3n) is 3.05. The van der Waals surface area contributed by atoms with Gasteiger partial charge in [-0.15, -0.1) is 0 Å². The van der Waals surface area contributed by atoms with E-state index < -0.39 is 0 Å². The van der Waals surface area contributed by atoms with Crippen LogP contribution >= 0.6 is 27.7 Å². The number of hydrogen-bond donors (Lipinski definition) is 1. The molecule has 0 amide bonds. The fourth-order valence-electron chi connectivity index (χ4n) is 2.09. The Hall–Kier alpha value is -1.34. The molecule has 0 spiro atoms. The van der Waals surface area contributed by atoms with Crippen molar-refractivity contribution in [3.8, 4) is 0 Å². The minimum absolute atomic E-state index is 0.274. The minimum Gasteiger partial charge on any atom is -0.368 e. The van der Waals surface area contributed by atoms with Gasteiger partial charge in [-0.3, -0.25) is 0 Å². The van der Waals surface area contributed by atoms with E-state index in [1.165, 1.54) is 24.6 Å². The quantitative estimate of drug-likeness (QED) is 0.916. The van der Waals surface area contributed by atoms with Crippen molar-refractivity contribution in [1.82, 2.24) is 15.0 Å². The maximum absolute atomic E-state index is 5.80. The number of aromatic nitrogens is 3. The Morgan fingerprint density at radius 1 is 1.10 bits per heavy atom. The molecular formula is C13H14BrN5S. The van der Waals surface area contributed by atoms with Crippen LogP contribution in [0.4, 0.5) is 11.9 Å². The van der Waals surface area contributed by atoms with Crippen molar-refractivity contribution in [1.29, 1.82) is 0 Å². The minimum atomic E-state index is 0.274. The molecule has 1 aliphatic rings. The van der Waals surface area contributed by atoms with E-state index in [9.17, 15) is 0 Å². The first-order valence-corrected chi connectivity index (χ1v) is 8.02. The third-order valence-corrected chi connectivity index (χ3v) is 4.94. The molecular weight excluding hydrogens is 338 g/mol. The number of rotatable bonds is 3. The molecule has 0 unspecified atom stereocenters. The van der Waals surface area contributed by atoms with Crippen LogP contribution in [0.15, 0.2) is 38.8 Å². The second-order valence-electron chi connectivity index (χ2n) is 4.50. The van der Waals surface area contributed by atoms with Crippen LogP contribution < -0.4 is 10.6 Å². The lowest BCUT2D eigenvalue weighted by molar-refractivity contribution is 0.833. The molecule has 20 heavy (non-hydrogen) atoms. The standard InChI is InChI=1S/C13H14BrN5S/c14-9-5-1-2-6-10(9)20-13-17-11(15)16-12(18-13)19-7-3-4-8-19/h1-2,5-6H,3-4,7-8H2,(H2,15,16,17,18). The van der Waals surface area contributed by atoms with Crippen LogP contribution in [0.25, 0.3) is 0 Å². The summed E-state index contributed by atoms with van der Waals surface area (Å²) < 4.78 is 1.02. The third kappa shape index (κ3) is 3.04. The summed E-state index contributed by atoms with van der Waals surface area (Å²) in [6, 6.07) is 7.98. The van der Waals surface area contributed by atoms with E-state index in [1.54, 1.807) is 0 Å². The lowest BCUT2D eigenvalue weighted by Gasteiger charge is -2.15. The second-order valence-corrected chi connectivity index (χ2v) is 6.37. The molecule has 1 fully saturated rings. The van der Waals surface area contributed by atoms with Crippen LogP contribution in [0.2, 0.25) is 0 Å². The molecule has 0 bridgehead atoms. The molecule has 0 radical (unpaired) electrons. The molecule has 2 N–H and O–H groups in total. The topological polar surface area (TPSA) is 67.9 Å². The summed E-state index contributed by atoms with van der Waals surface area (Å²) in [6.07, 6.45) is 2.36. The molecule has 3 rings (SSSR count). The molecule has 0 atom stereocenters. The SMILES string of the molecule is Nc1nc(Sc2ccccc2Br)nc(N2CCCC2)n1. The van der Waals surface area contributed by atoms with Crippen LogP contribution in [0, 0.1) is 0 Å². The molecule has 7 heteroatoms. The fraction of sp³-hybridized carbons (Fsp3) is 0.308.